The van der Waals surface area contributed by atoms with Crippen LogP contribution in [0.15, 0.2) is 0 Å². The van der Waals surface area contributed by atoms with Crippen LogP contribution >= 0.6 is 0 Å². The van der Waals surface area contributed by atoms with Crippen molar-refractivity contribution in [1.29, 1.82) is 0 Å². The molecule has 1 aliphatic carbocycles. The Morgan fingerprint density at radius 2 is 1.95 bits per heavy atom. The van der Waals surface area contributed by atoms with Crippen molar-refractivity contribution in [2.24, 2.45) is 5.92 Å². The summed E-state index contributed by atoms with van der Waals surface area (Å²) in [5.74, 6) is -3.35. The van der Waals surface area contributed by atoms with Crippen molar-refractivity contribution in [3.63, 3.8) is 0 Å². The molecule has 0 spiro atoms. The highest BCUT2D eigenvalue weighted by Gasteiger charge is 2.34. The molecule has 1 fully saturated rings. The molecule has 0 aromatic carbocycles. The van der Waals surface area contributed by atoms with Gasteiger partial charge < -0.3 is 9.84 Å². The van der Waals surface area contributed by atoms with Gasteiger partial charge in [0.2, 0.25) is 10.0 Å². The molecule has 110 valence electrons. The smallest absolute Gasteiger partial charge is 0.322 e. The molecule has 0 heterocycles. The van der Waals surface area contributed by atoms with Gasteiger partial charge in [-0.05, 0) is 19.8 Å². The second kappa shape index (κ2) is 6.85. The van der Waals surface area contributed by atoms with Gasteiger partial charge in [0, 0.05) is 6.04 Å². The quantitative estimate of drug-likeness (QED) is 0.673. The van der Waals surface area contributed by atoms with Crippen molar-refractivity contribution in [2.75, 3.05) is 12.4 Å². The fraction of sp³-hybridized carbons (Fsp3) is 0.818. The monoisotopic (exact) mass is 293 g/mol. The van der Waals surface area contributed by atoms with E-state index in [4.69, 9.17) is 5.11 Å². The number of rotatable bonds is 6. The Bertz CT molecular complexity index is 432. The van der Waals surface area contributed by atoms with Crippen LogP contribution in [0.4, 0.5) is 0 Å². The zero-order valence-electron chi connectivity index (χ0n) is 10.8. The first-order valence-electron chi connectivity index (χ1n) is 6.24. The minimum Gasteiger partial charge on any atom is -0.481 e. The molecule has 8 heteroatoms. The van der Waals surface area contributed by atoms with Gasteiger partial charge in [-0.1, -0.05) is 12.8 Å². The van der Waals surface area contributed by atoms with Gasteiger partial charge in [0.25, 0.3) is 0 Å². The van der Waals surface area contributed by atoms with Gasteiger partial charge in [-0.25, -0.2) is 13.1 Å². The minimum atomic E-state index is -3.86. The summed E-state index contributed by atoms with van der Waals surface area (Å²) in [7, 11) is -3.86. The number of hydrogen-bond acceptors (Lipinski definition) is 5. The summed E-state index contributed by atoms with van der Waals surface area (Å²) in [5, 5.41) is 9.05. The average molecular weight is 293 g/mol. The molecule has 2 N–H and O–H groups in total. The van der Waals surface area contributed by atoms with Crippen molar-refractivity contribution in [2.45, 2.75) is 38.6 Å². The van der Waals surface area contributed by atoms with E-state index < -0.39 is 39.7 Å². The second-order valence-electron chi connectivity index (χ2n) is 4.52. The van der Waals surface area contributed by atoms with E-state index in [1.807, 2.05) is 0 Å². The zero-order valence-corrected chi connectivity index (χ0v) is 11.6. The molecule has 7 nitrogen and oxygen atoms in total. The summed E-state index contributed by atoms with van der Waals surface area (Å²) in [5.41, 5.74) is 0. The third-order valence-electron chi connectivity index (χ3n) is 3.03. The number of carbonyl (C=O) groups is 2. The Balaban J connectivity index is 2.65. The van der Waals surface area contributed by atoms with Gasteiger partial charge in [-0.15, -0.1) is 0 Å². The Morgan fingerprint density at radius 3 is 2.53 bits per heavy atom. The van der Waals surface area contributed by atoms with Crippen LogP contribution in [-0.4, -0.2) is 43.9 Å². The molecule has 0 aromatic rings. The molecule has 1 saturated carbocycles. The van der Waals surface area contributed by atoms with Gasteiger partial charge >= 0.3 is 11.9 Å². The number of carbonyl (C=O) groups excluding carboxylic acids is 1. The fourth-order valence-electron chi connectivity index (χ4n) is 2.20. The highest BCUT2D eigenvalue weighted by molar-refractivity contribution is 7.90. The highest BCUT2D eigenvalue weighted by Crippen LogP contribution is 2.25. The first-order chi connectivity index (χ1) is 8.85. The molecule has 19 heavy (non-hydrogen) atoms. The largest absolute Gasteiger partial charge is 0.481 e. The Hall–Kier alpha value is -1.15. The molecular weight excluding hydrogens is 274 g/mol. The van der Waals surface area contributed by atoms with E-state index in [1.54, 1.807) is 6.92 Å². The summed E-state index contributed by atoms with van der Waals surface area (Å²) in [6, 6.07) is -0.648. The van der Waals surface area contributed by atoms with E-state index in [0.29, 0.717) is 12.8 Å². The Kier molecular flexibility index (Phi) is 5.74. The van der Waals surface area contributed by atoms with E-state index >= 15 is 0 Å². The number of aliphatic carboxylic acids is 1. The van der Waals surface area contributed by atoms with Crippen molar-refractivity contribution < 1.29 is 27.9 Å². The van der Waals surface area contributed by atoms with E-state index in [0.717, 1.165) is 12.8 Å². The van der Waals surface area contributed by atoms with Crippen LogP contribution in [-0.2, 0) is 24.3 Å². The lowest BCUT2D eigenvalue weighted by atomic mass is 9.85. The summed E-state index contributed by atoms with van der Waals surface area (Å²) in [6.07, 6.45) is 2.46. The molecule has 0 aromatic heterocycles. The van der Waals surface area contributed by atoms with Crippen LogP contribution in [0.3, 0.4) is 0 Å². The third kappa shape index (κ3) is 5.15. The summed E-state index contributed by atoms with van der Waals surface area (Å²) in [6.45, 7) is 1.69. The topological polar surface area (TPSA) is 110 Å². The van der Waals surface area contributed by atoms with Crippen LogP contribution in [0.5, 0.6) is 0 Å². The van der Waals surface area contributed by atoms with Gasteiger partial charge in [0.15, 0.2) is 5.75 Å². The lowest BCUT2D eigenvalue weighted by molar-refractivity contribution is -0.143. The second-order valence-corrected chi connectivity index (χ2v) is 6.27. The number of sulfonamides is 1. The number of carboxylic acids is 1. The molecule has 0 aliphatic heterocycles. The van der Waals surface area contributed by atoms with Crippen molar-refractivity contribution >= 4 is 22.0 Å². The maximum Gasteiger partial charge on any atom is 0.322 e. The SMILES string of the molecule is CCOC(=O)CS(=O)(=O)NC1CCCCC1C(=O)O. The van der Waals surface area contributed by atoms with Crippen molar-refractivity contribution in [3.8, 4) is 0 Å². The maximum atomic E-state index is 11.7. The third-order valence-corrected chi connectivity index (χ3v) is 4.30. The van der Waals surface area contributed by atoms with E-state index in [1.165, 1.54) is 0 Å². The predicted molar refractivity (Wildman–Crippen MR) is 66.9 cm³/mol. The number of esters is 1. The Morgan fingerprint density at radius 1 is 1.32 bits per heavy atom. The normalized spacial score (nSPS) is 23.8. The molecule has 1 aliphatic rings. The van der Waals surface area contributed by atoms with Gasteiger partial charge in [0.05, 0.1) is 12.5 Å². The first-order valence-corrected chi connectivity index (χ1v) is 7.89. The Labute approximate surface area is 112 Å². The minimum absolute atomic E-state index is 0.107. The van der Waals surface area contributed by atoms with Gasteiger partial charge in [-0.3, -0.25) is 9.59 Å². The van der Waals surface area contributed by atoms with Crippen molar-refractivity contribution in [3.05, 3.63) is 0 Å². The fourth-order valence-corrected chi connectivity index (χ4v) is 3.42. The predicted octanol–water partition coefficient (Wildman–Crippen LogP) is 0.112. The number of nitrogens with one attached hydrogen (secondary N) is 1. The molecule has 2 atom stereocenters. The lowest BCUT2D eigenvalue weighted by Crippen LogP contribution is -2.46. The number of carboxylic acid groups (broad SMARTS) is 1. The van der Waals surface area contributed by atoms with E-state index in [9.17, 15) is 18.0 Å². The number of ether oxygens (including phenoxy) is 1. The van der Waals surface area contributed by atoms with Crippen LogP contribution in [0.2, 0.25) is 0 Å². The van der Waals surface area contributed by atoms with Crippen LogP contribution in [0, 0.1) is 5.92 Å². The van der Waals surface area contributed by atoms with Crippen LogP contribution in [0.1, 0.15) is 32.6 Å². The summed E-state index contributed by atoms with van der Waals surface area (Å²) < 4.78 is 30.4. The van der Waals surface area contributed by atoms with Crippen LogP contribution < -0.4 is 4.72 Å². The van der Waals surface area contributed by atoms with E-state index in [-0.39, 0.29) is 6.61 Å². The molecule has 0 bridgehead atoms. The molecule has 0 radical (unpaired) electrons. The molecule has 2 unspecified atom stereocenters. The van der Waals surface area contributed by atoms with E-state index in [2.05, 4.69) is 9.46 Å². The van der Waals surface area contributed by atoms with Gasteiger partial charge in [-0.2, -0.15) is 0 Å². The molecule has 0 saturated heterocycles. The van der Waals surface area contributed by atoms with Gasteiger partial charge in [0.1, 0.15) is 0 Å². The van der Waals surface area contributed by atoms with Crippen molar-refractivity contribution in [1.82, 2.24) is 4.72 Å². The summed E-state index contributed by atoms with van der Waals surface area (Å²) in [4.78, 5) is 22.2. The molecule has 0 amide bonds. The standard InChI is InChI=1S/C11H19NO6S/c1-2-18-10(13)7-19(16,17)12-9-6-4-3-5-8(9)11(14)15/h8-9,12H,2-7H2,1H3,(H,14,15). The maximum absolute atomic E-state index is 11.7. The average Bonchev–Trinajstić information content (AvgIpc) is 2.28. The molecular formula is C11H19NO6S. The highest BCUT2D eigenvalue weighted by atomic mass is 32.2. The first kappa shape index (κ1) is 15.9. The van der Waals surface area contributed by atoms with Crippen LogP contribution in [0.25, 0.3) is 0 Å². The lowest BCUT2D eigenvalue weighted by Gasteiger charge is -2.28. The zero-order chi connectivity index (χ0) is 14.5. The summed E-state index contributed by atoms with van der Waals surface area (Å²) >= 11 is 0. The molecule has 1 rings (SSSR count). The number of hydrogen-bond donors (Lipinski definition) is 2.